The van der Waals surface area contributed by atoms with Gasteiger partial charge in [-0.1, -0.05) is 66.7 Å². The van der Waals surface area contributed by atoms with E-state index in [4.69, 9.17) is 0 Å². The van der Waals surface area contributed by atoms with Crippen LogP contribution in [-0.4, -0.2) is 70.5 Å². The van der Waals surface area contributed by atoms with Crippen molar-refractivity contribution in [1.29, 1.82) is 0 Å². The number of fused-ring (bicyclic) bond motifs is 1. The highest BCUT2D eigenvalue weighted by molar-refractivity contribution is 6.06. The molecule has 2 saturated heterocycles. The fourth-order valence-electron chi connectivity index (χ4n) is 5.94. The highest BCUT2D eigenvalue weighted by Gasteiger charge is 2.39. The molecule has 3 aliphatic heterocycles. The maximum atomic E-state index is 13.5. The highest BCUT2D eigenvalue weighted by Crippen LogP contribution is 2.31. The van der Waals surface area contributed by atoms with Gasteiger partial charge in [-0.05, 0) is 35.2 Å². The third kappa shape index (κ3) is 4.83. The van der Waals surface area contributed by atoms with E-state index >= 15 is 0 Å². The molecule has 3 aliphatic rings. The van der Waals surface area contributed by atoms with Gasteiger partial charge < -0.3 is 9.80 Å². The first kappa shape index (κ1) is 25.0. The first-order chi connectivity index (χ1) is 19.0. The first-order valence-corrected chi connectivity index (χ1v) is 13.4. The topological polar surface area (TPSA) is 90.0 Å². The zero-order chi connectivity index (χ0) is 26.9. The monoisotopic (exact) mass is 522 g/mol. The number of nitrogens with one attached hydrogen (secondary N) is 1. The first-order valence-electron chi connectivity index (χ1n) is 13.4. The number of amides is 4. The van der Waals surface area contributed by atoms with Crippen molar-refractivity contribution in [2.45, 2.75) is 31.5 Å². The number of hydrogen-bond donors (Lipinski definition) is 1. The minimum Gasteiger partial charge on any atom is -0.336 e. The maximum Gasteiger partial charge on any atom is 0.255 e. The number of piperazine rings is 1. The van der Waals surface area contributed by atoms with E-state index in [-0.39, 0.29) is 30.2 Å². The number of piperidine rings is 1. The van der Waals surface area contributed by atoms with Crippen molar-refractivity contribution in [1.82, 2.24) is 20.0 Å². The summed E-state index contributed by atoms with van der Waals surface area (Å²) in [5.74, 6) is -1.12. The van der Waals surface area contributed by atoms with Crippen LogP contribution < -0.4 is 5.32 Å². The predicted octanol–water partition coefficient (Wildman–Crippen LogP) is 3.00. The van der Waals surface area contributed by atoms with Crippen LogP contribution in [0.2, 0.25) is 0 Å². The van der Waals surface area contributed by atoms with Gasteiger partial charge in [0.05, 0.1) is 6.04 Å². The molecule has 8 nitrogen and oxygen atoms in total. The lowest BCUT2D eigenvalue weighted by Crippen LogP contribution is -2.52. The van der Waals surface area contributed by atoms with Crippen LogP contribution in [0.3, 0.4) is 0 Å². The summed E-state index contributed by atoms with van der Waals surface area (Å²) in [6.07, 6.45) is 0.523. The zero-order valence-electron chi connectivity index (χ0n) is 21.6. The lowest BCUT2D eigenvalue weighted by molar-refractivity contribution is -0.136. The van der Waals surface area contributed by atoms with Gasteiger partial charge in [-0.25, -0.2) is 0 Å². The van der Waals surface area contributed by atoms with E-state index in [1.807, 2.05) is 23.1 Å². The zero-order valence-corrected chi connectivity index (χ0v) is 21.6. The van der Waals surface area contributed by atoms with Crippen LogP contribution in [-0.2, 0) is 16.1 Å². The molecule has 1 N–H and O–H groups in total. The third-order valence-corrected chi connectivity index (χ3v) is 7.97. The van der Waals surface area contributed by atoms with Crippen molar-refractivity contribution < 1.29 is 19.2 Å². The van der Waals surface area contributed by atoms with Gasteiger partial charge in [0.2, 0.25) is 11.8 Å². The Morgan fingerprint density at radius 3 is 2.08 bits per heavy atom. The number of carbonyl (C=O) groups excluding carboxylic acids is 4. The molecule has 0 aliphatic carbocycles. The Labute approximate surface area is 227 Å². The molecule has 0 saturated carbocycles. The maximum absolute atomic E-state index is 13.5. The van der Waals surface area contributed by atoms with E-state index < -0.39 is 11.9 Å². The van der Waals surface area contributed by atoms with Gasteiger partial charge >= 0.3 is 0 Å². The van der Waals surface area contributed by atoms with Gasteiger partial charge in [-0.3, -0.25) is 29.4 Å². The Balaban J connectivity index is 1.15. The Hall–Kier alpha value is -4.30. The smallest absolute Gasteiger partial charge is 0.255 e. The molecule has 0 bridgehead atoms. The van der Waals surface area contributed by atoms with Crippen molar-refractivity contribution in [2.24, 2.45) is 0 Å². The number of benzene rings is 3. The van der Waals surface area contributed by atoms with Crippen LogP contribution in [0.5, 0.6) is 0 Å². The SMILES string of the molecule is O=C1CCC(N2Cc3ccc(C(=O)N4CCN(C(c5ccccc5)c5ccccc5)CC4)cc3C2=O)C(=O)N1. The van der Waals surface area contributed by atoms with Crippen LogP contribution in [0.15, 0.2) is 78.9 Å². The molecule has 198 valence electrons. The molecule has 6 rings (SSSR count). The van der Waals surface area contributed by atoms with Crippen LogP contribution in [0.4, 0.5) is 0 Å². The molecule has 8 heteroatoms. The molecule has 39 heavy (non-hydrogen) atoms. The molecule has 3 aromatic carbocycles. The van der Waals surface area contributed by atoms with Crippen LogP contribution >= 0.6 is 0 Å². The second-order valence-corrected chi connectivity index (χ2v) is 10.3. The Morgan fingerprint density at radius 1 is 0.821 bits per heavy atom. The highest BCUT2D eigenvalue weighted by atomic mass is 16.2. The fraction of sp³-hybridized carbons (Fsp3) is 0.290. The predicted molar refractivity (Wildman–Crippen MR) is 145 cm³/mol. The number of hydrogen-bond acceptors (Lipinski definition) is 5. The number of imide groups is 1. The Bertz CT molecular complexity index is 1380. The second kappa shape index (κ2) is 10.5. The third-order valence-electron chi connectivity index (χ3n) is 7.97. The standard InChI is InChI=1S/C31H30N4O4/c36-27-14-13-26(29(37)32-27)35-20-24-12-11-23(19-25(24)31(35)39)30(38)34-17-15-33(16-18-34)28(21-7-3-1-4-8-21)22-9-5-2-6-10-22/h1-12,19,26,28H,13-18,20H2,(H,32,36,37). The molecule has 0 aromatic heterocycles. The van der Waals surface area contributed by atoms with Crippen molar-refractivity contribution in [3.63, 3.8) is 0 Å². The molecule has 2 fully saturated rings. The van der Waals surface area contributed by atoms with Crippen molar-refractivity contribution in [2.75, 3.05) is 26.2 Å². The molecular formula is C31H30N4O4. The lowest BCUT2D eigenvalue weighted by Gasteiger charge is -2.39. The summed E-state index contributed by atoms with van der Waals surface area (Å²) in [4.78, 5) is 56.3. The van der Waals surface area contributed by atoms with Crippen molar-refractivity contribution >= 4 is 23.6 Å². The number of nitrogens with zero attached hydrogens (tertiary/aromatic N) is 3. The molecule has 1 unspecified atom stereocenters. The Kier molecular flexibility index (Phi) is 6.70. The van der Waals surface area contributed by atoms with Crippen LogP contribution in [0.25, 0.3) is 0 Å². The molecule has 3 heterocycles. The number of carbonyl (C=O) groups is 4. The van der Waals surface area contributed by atoms with E-state index in [1.165, 1.54) is 16.0 Å². The number of rotatable bonds is 5. The quantitative estimate of drug-likeness (QED) is 0.521. The normalized spacial score (nSPS) is 19.8. The van der Waals surface area contributed by atoms with E-state index in [1.54, 1.807) is 12.1 Å². The molecule has 1 atom stereocenters. The van der Waals surface area contributed by atoms with Crippen molar-refractivity contribution in [3.8, 4) is 0 Å². The van der Waals surface area contributed by atoms with Crippen LogP contribution in [0.1, 0.15) is 56.3 Å². The van der Waals surface area contributed by atoms with Gasteiger partial charge in [0.25, 0.3) is 11.8 Å². The second-order valence-electron chi connectivity index (χ2n) is 10.3. The minimum atomic E-state index is -0.669. The van der Waals surface area contributed by atoms with Crippen molar-refractivity contribution in [3.05, 3.63) is 107 Å². The lowest BCUT2D eigenvalue weighted by atomic mass is 9.96. The van der Waals surface area contributed by atoms with Gasteiger partial charge in [0.15, 0.2) is 0 Å². The molecule has 0 radical (unpaired) electrons. The van der Waals surface area contributed by atoms with Gasteiger partial charge in [0.1, 0.15) is 6.04 Å². The largest absolute Gasteiger partial charge is 0.336 e. The fourth-order valence-corrected chi connectivity index (χ4v) is 5.94. The van der Waals surface area contributed by atoms with E-state index in [0.29, 0.717) is 37.2 Å². The average molecular weight is 523 g/mol. The molecule has 3 aromatic rings. The van der Waals surface area contributed by atoms with E-state index in [9.17, 15) is 19.2 Å². The molecular weight excluding hydrogens is 492 g/mol. The summed E-state index contributed by atoms with van der Waals surface area (Å²) in [6, 6.07) is 25.5. The summed E-state index contributed by atoms with van der Waals surface area (Å²) in [6.45, 7) is 2.93. The summed E-state index contributed by atoms with van der Waals surface area (Å²) in [7, 11) is 0. The van der Waals surface area contributed by atoms with Gasteiger partial charge in [-0.15, -0.1) is 0 Å². The minimum absolute atomic E-state index is 0.0966. The van der Waals surface area contributed by atoms with E-state index in [2.05, 4.69) is 58.7 Å². The summed E-state index contributed by atoms with van der Waals surface area (Å²) in [5.41, 5.74) is 4.17. The van der Waals surface area contributed by atoms with Gasteiger partial charge in [-0.2, -0.15) is 0 Å². The summed E-state index contributed by atoms with van der Waals surface area (Å²) in [5, 5.41) is 2.32. The van der Waals surface area contributed by atoms with Gasteiger partial charge in [0, 0.05) is 50.3 Å². The van der Waals surface area contributed by atoms with Crippen LogP contribution in [0, 0.1) is 0 Å². The Morgan fingerprint density at radius 2 is 1.46 bits per heavy atom. The average Bonchev–Trinajstić information content (AvgIpc) is 3.29. The van der Waals surface area contributed by atoms with E-state index in [0.717, 1.165) is 18.7 Å². The molecule has 4 amide bonds. The molecule has 0 spiro atoms. The summed E-state index contributed by atoms with van der Waals surface area (Å²) < 4.78 is 0. The summed E-state index contributed by atoms with van der Waals surface area (Å²) >= 11 is 0.